The SMILES string of the molecule is Cc1ccc(-c2nnc3ccc(SCc4ccccn4)nn23)cc1. The summed E-state index contributed by atoms with van der Waals surface area (Å²) in [4.78, 5) is 4.34. The monoisotopic (exact) mass is 333 g/mol. The van der Waals surface area contributed by atoms with Gasteiger partial charge in [-0.05, 0) is 31.2 Å². The normalized spacial score (nSPS) is 11.0. The van der Waals surface area contributed by atoms with Crippen molar-refractivity contribution < 1.29 is 0 Å². The van der Waals surface area contributed by atoms with E-state index in [0.717, 1.165) is 33.5 Å². The van der Waals surface area contributed by atoms with Gasteiger partial charge >= 0.3 is 0 Å². The molecule has 0 aliphatic heterocycles. The van der Waals surface area contributed by atoms with Crippen molar-refractivity contribution in [1.82, 2.24) is 24.8 Å². The van der Waals surface area contributed by atoms with E-state index in [-0.39, 0.29) is 0 Å². The fourth-order valence-electron chi connectivity index (χ4n) is 2.36. The molecule has 0 saturated heterocycles. The highest BCUT2D eigenvalue weighted by Crippen LogP contribution is 2.22. The fourth-order valence-corrected chi connectivity index (χ4v) is 3.13. The number of hydrogen-bond donors (Lipinski definition) is 0. The Kier molecular flexibility index (Phi) is 3.96. The van der Waals surface area contributed by atoms with Crippen molar-refractivity contribution in [2.75, 3.05) is 0 Å². The Balaban J connectivity index is 1.64. The van der Waals surface area contributed by atoms with Crippen molar-refractivity contribution >= 4 is 17.4 Å². The van der Waals surface area contributed by atoms with Crippen molar-refractivity contribution in [3.8, 4) is 11.4 Å². The Hall–Kier alpha value is -2.73. The average Bonchev–Trinajstić information content (AvgIpc) is 3.05. The maximum atomic E-state index is 4.68. The van der Waals surface area contributed by atoms with Gasteiger partial charge in [-0.15, -0.1) is 10.2 Å². The molecule has 5 nitrogen and oxygen atoms in total. The van der Waals surface area contributed by atoms with E-state index in [1.807, 2.05) is 48.7 Å². The minimum atomic E-state index is 0.743. The summed E-state index contributed by atoms with van der Waals surface area (Å²) in [7, 11) is 0. The molecule has 0 aliphatic carbocycles. The zero-order valence-corrected chi connectivity index (χ0v) is 13.9. The number of rotatable bonds is 4. The summed E-state index contributed by atoms with van der Waals surface area (Å²) in [5.41, 5.74) is 4.00. The molecule has 0 unspecified atom stereocenters. The third kappa shape index (κ3) is 3.00. The summed E-state index contributed by atoms with van der Waals surface area (Å²) in [6.07, 6.45) is 1.81. The lowest BCUT2D eigenvalue weighted by molar-refractivity contribution is 0.860. The van der Waals surface area contributed by atoms with Crippen molar-refractivity contribution in [2.45, 2.75) is 17.7 Å². The summed E-state index contributed by atoms with van der Waals surface area (Å²) in [6.45, 7) is 2.07. The molecule has 3 aromatic heterocycles. The van der Waals surface area contributed by atoms with E-state index in [4.69, 9.17) is 0 Å². The molecular formula is C18H15N5S. The molecular weight excluding hydrogens is 318 g/mol. The molecule has 6 heteroatoms. The average molecular weight is 333 g/mol. The van der Waals surface area contributed by atoms with E-state index in [9.17, 15) is 0 Å². The number of nitrogens with zero attached hydrogens (tertiary/aromatic N) is 5. The summed E-state index contributed by atoms with van der Waals surface area (Å²) in [5, 5.41) is 14.1. The van der Waals surface area contributed by atoms with Crippen LogP contribution in [-0.4, -0.2) is 24.8 Å². The molecule has 0 fully saturated rings. The predicted octanol–water partition coefficient (Wildman–Crippen LogP) is 3.79. The topological polar surface area (TPSA) is 56.0 Å². The summed E-state index contributed by atoms with van der Waals surface area (Å²) >= 11 is 1.65. The van der Waals surface area contributed by atoms with Crippen molar-refractivity contribution in [3.63, 3.8) is 0 Å². The minimum absolute atomic E-state index is 0.743. The van der Waals surface area contributed by atoms with Gasteiger partial charge in [0.1, 0.15) is 5.03 Å². The van der Waals surface area contributed by atoms with Crippen LogP contribution in [0.2, 0.25) is 0 Å². The lowest BCUT2D eigenvalue weighted by Gasteiger charge is -2.03. The van der Waals surface area contributed by atoms with Gasteiger partial charge in [0.25, 0.3) is 0 Å². The van der Waals surface area contributed by atoms with E-state index in [1.54, 1.807) is 16.3 Å². The van der Waals surface area contributed by atoms with E-state index in [0.29, 0.717) is 0 Å². The lowest BCUT2D eigenvalue weighted by Crippen LogP contribution is -1.97. The van der Waals surface area contributed by atoms with Crippen molar-refractivity contribution in [2.24, 2.45) is 0 Å². The number of benzene rings is 1. The van der Waals surface area contributed by atoms with Gasteiger partial charge in [-0.1, -0.05) is 47.7 Å². The summed E-state index contributed by atoms with van der Waals surface area (Å²) in [6, 6.07) is 18.1. The minimum Gasteiger partial charge on any atom is -0.260 e. The van der Waals surface area contributed by atoms with Crippen molar-refractivity contribution in [1.29, 1.82) is 0 Å². The van der Waals surface area contributed by atoms with E-state index in [1.165, 1.54) is 5.56 Å². The third-order valence-corrected chi connectivity index (χ3v) is 4.60. The van der Waals surface area contributed by atoms with Crippen LogP contribution in [0.1, 0.15) is 11.3 Å². The number of hydrogen-bond acceptors (Lipinski definition) is 5. The highest BCUT2D eigenvalue weighted by atomic mass is 32.2. The zero-order chi connectivity index (χ0) is 16.4. The van der Waals surface area contributed by atoms with Crippen LogP contribution in [0.15, 0.2) is 65.8 Å². The second-order valence-corrected chi connectivity index (χ2v) is 6.44. The molecule has 0 saturated carbocycles. The Bertz CT molecular complexity index is 964. The number of thioether (sulfide) groups is 1. The second kappa shape index (κ2) is 6.41. The predicted molar refractivity (Wildman–Crippen MR) is 94.8 cm³/mol. The maximum absolute atomic E-state index is 4.68. The third-order valence-electron chi connectivity index (χ3n) is 3.64. The van der Waals surface area contributed by atoms with Gasteiger partial charge in [0.2, 0.25) is 0 Å². The molecule has 4 rings (SSSR count). The molecule has 1 aromatic carbocycles. The smallest absolute Gasteiger partial charge is 0.185 e. The van der Waals surface area contributed by atoms with E-state index < -0.39 is 0 Å². The molecule has 0 amide bonds. The molecule has 24 heavy (non-hydrogen) atoms. The van der Waals surface area contributed by atoms with Gasteiger partial charge < -0.3 is 0 Å². The molecule has 0 aliphatic rings. The van der Waals surface area contributed by atoms with Gasteiger partial charge in [0.15, 0.2) is 11.5 Å². The first-order valence-corrected chi connectivity index (χ1v) is 8.60. The molecule has 0 radical (unpaired) electrons. The first-order chi connectivity index (χ1) is 11.8. The summed E-state index contributed by atoms with van der Waals surface area (Å²) < 4.78 is 1.80. The second-order valence-electron chi connectivity index (χ2n) is 5.44. The van der Waals surface area contributed by atoms with Gasteiger partial charge in [-0.25, -0.2) is 0 Å². The fraction of sp³-hybridized carbons (Fsp3) is 0.111. The first-order valence-electron chi connectivity index (χ1n) is 7.62. The Morgan fingerprint density at radius 3 is 2.62 bits per heavy atom. The number of aryl methyl sites for hydroxylation is 1. The molecule has 3 heterocycles. The quantitative estimate of drug-likeness (QED) is 0.532. The molecule has 0 N–H and O–H groups in total. The molecule has 0 spiro atoms. The summed E-state index contributed by atoms with van der Waals surface area (Å²) in [5.74, 6) is 1.53. The van der Waals surface area contributed by atoms with Crippen LogP contribution in [0.25, 0.3) is 17.0 Å². The van der Waals surface area contributed by atoms with Crippen LogP contribution in [-0.2, 0) is 5.75 Å². The van der Waals surface area contributed by atoms with Crippen LogP contribution in [0.5, 0.6) is 0 Å². The number of pyridine rings is 1. The largest absolute Gasteiger partial charge is 0.260 e. The highest BCUT2D eigenvalue weighted by Gasteiger charge is 2.10. The van der Waals surface area contributed by atoms with Gasteiger partial charge in [-0.2, -0.15) is 9.61 Å². The van der Waals surface area contributed by atoms with Crippen LogP contribution < -0.4 is 0 Å². The first kappa shape index (κ1) is 14.8. The van der Waals surface area contributed by atoms with Crippen LogP contribution >= 0.6 is 11.8 Å². The highest BCUT2D eigenvalue weighted by molar-refractivity contribution is 7.98. The Labute approximate surface area is 143 Å². The molecule has 4 aromatic rings. The Morgan fingerprint density at radius 1 is 0.958 bits per heavy atom. The van der Waals surface area contributed by atoms with Gasteiger partial charge in [0, 0.05) is 17.5 Å². The Morgan fingerprint density at radius 2 is 1.83 bits per heavy atom. The number of aromatic nitrogens is 5. The van der Waals surface area contributed by atoms with E-state index >= 15 is 0 Å². The van der Waals surface area contributed by atoms with Crippen molar-refractivity contribution in [3.05, 3.63) is 72.1 Å². The lowest BCUT2D eigenvalue weighted by atomic mass is 10.1. The van der Waals surface area contributed by atoms with Crippen LogP contribution in [0.4, 0.5) is 0 Å². The molecule has 118 valence electrons. The number of fused-ring (bicyclic) bond motifs is 1. The standard InChI is InChI=1S/C18H15N5S/c1-13-5-7-14(8-6-13)18-21-20-16-9-10-17(22-23(16)18)24-12-15-4-2-3-11-19-15/h2-11H,12H2,1H3. The van der Waals surface area contributed by atoms with Gasteiger partial charge in [-0.3, -0.25) is 4.98 Å². The van der Waals surface area contributed by atoms with Crippen LogP contribution in [0, 0.1) is 6.92 Å². The van der Waals surface area contributed by atoms with E-state index in [2.05, 4.69) is 39.3 Å². The van der Waals surface area contributed by atoms with Crippen LogP contribution in [0.3, 0.4) is 0 Å². The molecule has 0 atom stereocenters. The zero-order valence-electron chi connectivity index (χ0n) is 13.1. The molecule has 0 bridgehead atoms. The maximum Gasteiger partial charge on any atom is 0.185 e. The van der Waals surface area contributed by atoms with Gasteiger partial charge in [0.05, 0.1) is 5.69 Å².